The Balaban J connectivity index is 1.83. The molecule has 8 heteroatoms. The molecule has 1 aliphatic rings. The number of aliphatic hydroxyl groups is 2. The molecule has 2 aromatic rings. The standard InChI is InChI=1S/C17H24N6O2/c1-11-6-17(21-15(10-25)19-11)22-7-12(2)23(13(3)8-22)16-4-5-18-14(9-24)20-16/h4-6,12-13,24-25H,7-10H2,1-3H3. The van der Waals surface area contributed by atoms with E-state index in [9.17, 15) is 10.2 Å². The second-order valence-electron chi connectivity index (χ2n) is 6.44. The Morgan fingerprint density at radius 1 is 1.00 bits per heavy atom. The highest BCUT2D eigenvalue weighted by molar-refractivity contribution is 5.47. The van der Waals surface area contributed by atoms with Gasteiger partial charge in [0, 0.05) is 43.1 Å². The molecule has 0 bridgehead atoms. The number of anilines is 2. The number of nitrogens with zero attached hydrogens (tertiary/aromatic N) is 6. The first-order valence-electron chi connectivity index (χ1n) is 8.43. The van der Waals surface area contributed by atoms with Crippen molar-refractivity contribution in [3.05, 3.63) is 35.7 Å². The summed E-state index contributed by atoms with van der Waals surface area (Å²) in [6, 6.07) is 4.24. The first-order valence-corrected chi connectivity index (χ1v) is 8.43. The Kier molecular flexibility index (Phi) is 5.10. The van der Waals surface area contributed by atoms with Crippen molar-refractivity contribution < 1.29 is 10.2 Å². The maximum atomic E-state index is 9.34. The first kappa shape index (κ1) is 17.5. The number of aryl methyl sites for hydroxylation is 1. The molecule has 0 saturated carbocycles. The number of piperazine rings is 1. The summed E-state index contributed by atoms with van der Waals surface area (Å²) in [5.41, 5.74) is 0.847. The van der Waals surface area contributed by atoms with Crippen LogP contribution in [0, 0.1) is 6.92 Å². The Morgan fingerprint density at radius 2 is 1.64 bits per heavy atom. The van der Waals surface area contributed by atoms with E-state index in [0.717, 1.165) is 30.4 Å². The molecule has 1 aliphatic heterocycles. The predicted molar refractivity (Wildman–Crippen MR) is 94.3 cm³/mol. The molecule has 0 aliphatic carbocycles. The van der Waals surface area contributed by atoms with Crippen molar-refractivity contribution in [1.29, 1.82) is 0 Å². The first-order chi connectivity index (χ1) is 12.0. The molecule has 2 aromatic heterocycles. The maximum Gasteiger partial charge on any atom is 0.156 e. The van der Waals surface area contributed by atoms with Crippen LogP contribution in [0.2, 0.25) is 0 Å². The van der Waals surface area contributed by atoms with Crippen LogP contribution in [0.4, 0.5) is 11.6 Å². The fourth-order valence-electron chi connectivity index (χ4n) is 3.41. The minimum Gasteiger partial charge on any atom is -0.388 e. The predicted octanol–water partition coefficient (Wildman–Crippen LogP) is 0.663. The van der Waals surface area contributed by atoms with Gasteiger partial charge >= 0.3 is 0 Å². The van der Waals surface area contributed by atoms with Crippen LogP contribution in [0.5, 0.6) is 0 Å². The molecule has 2 N–H and O–H groups in total. The lowest BCUT2D eigenvalue weighted by atomic mass is 10.1. The molecule has 3 heterocycles. The highest BCUT2D eigenvalue weighted by atomic mass is 16.3. The second kappa shape index (κ2) is 7.28. The fourth-order valence-corrected chi connectivity index (χ4v) is 3.41. The molecule has 2 atom stereocenters. The Hall–Kier alpha value is -2.32. The van der Waals surface area contributed by atoms with Gasteiger partial charge in [0.2, 0.25) is 0 Å². The van der Waals surface area contributed by atoms with Crippen molar-refractivity contribution in [2.24, 2.45) is 0 Å². The van der Waals surface area contributed by atoms with Crippen LogP contribution in [-0.2, 0) is 13.2 Å². The van der Waals surface area contributed by atoms with Crippen LogP contribution in [-0.4, -0.2) is 55.3 Å². The van der Waals surface area contributed by atoms with Crippen molar-refractivity contribution in [1.82, 2.24) is 19.9 Å². The molecule has 0 amide bonds. The van der Waals surface area contributed by atoms with Crippen LogP contribution in [0.3, 0.4) is 0 Å². The number of hydrogen-bond donors (Lipinski definition) is 2. The van der Waals surface area contributed by atoms with Crippen molar-refractivity contribution in [2.45, 2.75) is 46.1 Å². The lowest BCUT2D eigenvalue weighted by Gasteiger charge is -2.45. The largest absolute Gasteiger partial charge is 0.388 e. The van der Waals surface area contributed by atoms with Gasteiger partial charge in [-0.1, -0.05) is 0 Å². The minimum atomic E-state index is -0.166. The van der Waals surface area contributed by atoms with Gasteiger partial charge in [0.1, 0.15) is 24.8 Å². The molecule has 2 unspecified atom stereocenters. The van der Waals surface area contributed by atoms with Crippen LogP contribution in [0.25, 0.3) is 0 Å². The van der Waals surface area contributed by atoms with Crippen molar-refractivity contribution in [2.75, 3.05) is 22.9 Å². The number of rotatable bonds is 4. The normalized spacial score (nSPS) is 20.8. The summed E-state index contributed by atoms with van der Waals surface area (Å²) in [5, 5.41) is 18.6. The van der Waals surface area contributed by atoms with Gasteiger partial charge in [-0.15, -0.1) is 0 Å². The third-order valence-electron chi connectivity index (χ3n) is 4.37. The van der Waals surface area contributed by atoms with E-state index in [1.807, 2.05) is 19.1 Å². The van der Waals surface area contributed by atoms with Gasteiger partial charge in [-0.3, -0.25) is 0 Å². The molecule has 0 aromatic carbocycles. The van der Waals surface area contributed by atoms with E-state index in [2.05, 4.69) is 43.6 Å². The zero-order valence-electron chi connectivity index (χ0n) is 14.8. The average Bonchev–Trinajstić information content (AvgIpc) is 2.60. The quantitative estimate of drug-likeness (QED) is 0.835. The molecule has 3 rings (SSSR count). The summed E-state index contributed by atoms with van der Waals surface area (Å²) < 4.78 is 0. The van der Waals surface area contributed by atoms with Gasteiger partial charge < -0.3 is 20.0 Å². The van der Waals surface area contributed by atoms with Gasteiger partial charge in [-0.25, -0.2) is 19.9 Å². The van der Waals surface area contributed by atoms with E-state index in [-0.39, 0.29) is 25.3 Å². The SMILES string of the molecule is Cc1cc(N2CC(C)N(c3ccnc(CO)n3)C(C)C2)nc(CO)n1. The van der Waals surface area contributed by atoms with E-state index in [1.54, 1.807) is 6.20 Å². The average molecular weight is 344 g/mol. The van der Waals surface area contributed by atoms with E-state index < -0.39 is 0 Å². The van der Waals surface area contributed by atoms with E-state index in [1.165, 1.54) is 0 Å². The summed E-state index contributed by atoms with van der Waals surface area (Å²) in [6.45, 7) is 7.43. The number of hydrogen-bond acceptors (Lipinski definition) is 8. The van der Waals surface area contributed by atoms with Gasteiger partial charge in [0.25, 0.3) is 0 Å². The topological polar surface area (TPSA) is 98.5 Å². The second-order valence-corrected chi connectivity index (χ2v) is 6.44. The van der Waals surface area contributed by atoms with Crippen LogP contribution >= 0.6 is 0 Å². The molecule has 1 saturated heterocycles. The lowest BCUT2D eigenvalue weighted by molar-refractivity contribution is 0.270. The minimum absolute atomic E-state index is 0.162. The third kappa shape index (κ3) is 3.69. The smallest absolute Gasteiger partial charge is 0.156 e. The Bertz CT molecular complexity index is 729. The highest BCUT2D eigenvalue weighted by Crippen LogP contribution is 2.25. The monoisotopic (exact) mass is 344 g/mol. The van der Waals surface area contributed by atoms with Gasteiger partial charge in [-0.2, -0.15) is 0 Å². The van der Waals surface area contributed by atoms with E-state index >= 15 is 0 Å². The summed E-state index contributed by atoms with van der Waals surface area (Å²) in [7, 11) is 0. The molecular weight excluding hydrogens is 320 g/mol. The van der Waals surface area contributed by atoms with Crippen LogP contribution in [0.15, 0.2) is 18.3 Å². The summed E-state index contributed by atoms with van der Waals surface area (Å²) in [5.74, 6) is 2.54. The van der Waals surface area contributed by atoms with Gasteiger partial charge in [-0.05, 0) is 26.8 Å². The maximum absolute atomic E-state index is 9.34. The zero-order chi connectivity index (χ0) is 18.0. The highest BCUT2D eigenvalue weighted by Gasteiger charge is 2.31. The van der Waals surface area contributed by atoms with E-state index in [0.29, 0.717) is 11.6 Å². The molecule has 8 nitrogen and oxygen atoms in total. The number of aromatic nitrogens is 4. The zero-order valence-corrected chi connectivity index (χ0v) is 14.8. The van der Waals surface area contributed by atoms with Crippen LogP contribution in [0.1, 0.15) is 31.2 Å². The van der Waals surface area contributed by atoms with Crippen LogP contribution < -0.4 is 9.80 Å². The molecule has 1 fully saturated rings. The Labute approximate surface area is 147 Å². The molecule has 0 spiro atoms. The van der Waals surface area contributed by atoms with Crippen molar-refractivity contribution in [3.63, 3.8) is 0 Å². The molecule has 0 radical (unpaired) electrons. The third-order valence-corrected chi connectivity index (χ3v) is 4.37. The fraction of sp³-hybridized carbons (Fsp3) is 0.529. The van der Waals surface area contributed by atoms with E-state index in [4.69, 9.17) is 0 Å². The summed E-state index contributed by atoms with van der Waals surface area (Å²) in [4.78, 5) is 21.6. The summed E-state index contributed by atoms with van der Waals surface area (Å²) in [6.07, 6.45) is 1.68. The lowest BCUT2D eigenvalue weighted by Crippen LogP contribution is -2.57. The number of aliphatic hydroxyl groups excluding tert-OH is 2. The van der Waals surface area contributed by atoms with Gasteiger partial charge in [0.05, 0.1) is 0 Å². The Morgan fingerprint density at radius 3 is 2.28 bits per heavy atom. The molecule has 134 valence electrons. The van der Waals surface area contributed by atoms with Crippen molar-refractivity contribution in [3.8, 4) is 0 Å². The summed E-state index contributed by atoms with van der Waals surface area (Å²) >= 11 is 0. The molecular formula is C17H24N6O2. The molecule has 25 heavy (non-hydrogen) atoms. The van der Waals surface area contributed by atoms with Crippen molar-refractivity contribution >= 4 is 11.6 Å². The van der Waals surface area contributed by atoms with Gasteiger partial charge in [0.15, 0.2) is 11.6 Å².